The van der Waals surface area contributed by atoms with Crippen molar-refractivity contribution in [2.75, 3.05) is 0 Å². The van der Waals surface area contributed by atoms with Crippen molar-refractivity contribution in [1.29, 1.82) is 0 Å². The first-order valence-corrected chi connectivity index (χ1v) is 5.42. The first kappa shape index (κ1) is 9.71. The number of carboxylic acid groups (broad SMARTS) is 1. The highest BCUT2D eigenvalue weighted by molar-refractivity contribution is 9.10. The van der Waals surface area contributed by atoms with E-state index in [1.807, 2.05) is 0 Å². The van der Waals surface area contributed by atoms with Gasteiger partial charge in [0.2, 0.25) is 0 Å². The molecule has 0 saturated heterocycles. The quantitative estimate of drug-likeness (QED) is 0.904. The van der Waals surface area contributed by atoms with Crippen molar-refractivity contribution < 1.29 is 9.90 Å². The molecule has 76 valence electrons. The van der Waals surface area contributed by atoms with Crippen LogP contribution in [0.5, 0.6) is 0 Å². The average molecular weight is 259 g/mol. The minimum absolute atomic E-state index is 0.101. The maximum Gasteiger partial charge on any atom is 0.357 e. The predicted molar refractivity (Wildman–Crippen MR) is 54.2 cm³/mol. The van der Waals surface area contributed by atoms with Crippen LogP contribution in [0.25, 0.3) is 0 Å². The number of rotatable bonds is 3. The van der Waals surface area contributed by atoms with Gasteiger partial charge in [-0.3, -0.25) is 4.68 Å². The molecule has 1 saturated carbocycles. The van der Waals surface area contributed by atoms with Crippen LogP contribution in [-0.2, 0) is 6.54 Å². The van der Waals surface area contributed by atoms with E-state index in [1.165, 1.54) is 19.3 Å². The summed E-state index contributed by atoms with van der Waals surface area (Å²) < 4.78 is 2.28. The van der Waals surface area contributed by atoms with Gasteiger partial charge in [0.1, 0.15) is 0 Å². The third-order valence-electron chi connectivity index (χ3n) is 2.59. The number of nitrogens with zero attached hydrogens (tertiary/aromatic N) is 2. The SMILES string of the molecule is O=C(O)c1nn(CC2CCC2)cc1Br. The van der Waals surface area contributed by atoms with E-state index in [0.717, 1.165) is 6.54 Å². The van der Waals surface area contributed by atoms with Crippen LogP contribution in [0.4, 0.5) is 0 Å². The second-order valence-corrected chi connectivity index (χ2v) is 4.50. The van der Waals surface area contributed by atoms with Gasteiger partial charge in [-0.05, 0) is 34.7 Å². The molecule has 1 fully saturated rings. The summed E-state index contributed by atoms with van der Waals surface area (Å²) in [5.74, 6) is -0.298. The number of carboxylic acids is 1. The molecule has 4 nitrogen and oxygen atoms in total. The van der Waals surface area contributed by atoms with Crippen molar-refractivity contribution in [3.63, 3.8) is 0 Å². The fourth-order valence-electron chi connectivity index (χ4n) is 1.58. The van der Waals surface area contributed by atoms with Crippen LogP contribution in [0.3, 0.4) is 0 Å². The smallest absolute Gasteiger partial charge is 0.357 e. The number of aromatic nitrogens is 2. The molecule has 0 unspecified atom stereocenters. The Labute approximate surface area is 90.0 Å². The summed E-state index contributed by atoms with van der Waals surface area (Å²) in [5, 5.41) is 12.8. The molecule has 0 bridgehead atoms. The van der Waals surface area contributed by atoms with Gasteiger partial charge in [0.15, 0.2) is 5.69 Å². The molecule has 5 heteroatoms. The molecular weight excluding hydrogens is 248 g/mol. The second kappa shape index (κ2) is 3.73. The number of carbonyl (C=O) groups is 1. The van der Waals surface area contributed by atoms with Crippen LogP contribution in [-0.4, -0.2) is 20.9 Å². The summed E-state index contributed by atoms with van der Waals surface area (Å²) in [6, 6.07) is 0. The van der Waals surface area contributed by atoms with E-state index in [-0.39, 0.29) is 5.69 Å². The minimum Gasteiger partial charge on any atom is -0.476 e. The van der Waals surface area contributed by atoms with Crippen molar-refractivity contribution in [1.82, 2.24) is 9.78 Å². The summed E-state index contributed by atoms with van der Waals surface area (Å²) in [5.41, 5.74) is 0.101. The molecule has 14 heavy (non-hydrogen) atoms. The van der Waals surface area contributed by atoms with Gasteiger partial charge in [-0.15, -0.1) is 0 Å². The summed E-state index contributed by atoms with van der Waals surface area (Å²) in [7, 11) is 0. The largest absolute Gasteiger partial charge is 0.476 e. The van der Waals surface area contributed by atoms with Gasteiger partial charge >= 0.3 is 5.97 Å². The first-order valence-electron chi connectivity index (χ1n) is 4.63. The number of hydrogen-bond acceptors (Lipinski definition) is 2. The normalized spacial score (nSPS) is 16.6. The van der Waals surface area contributed by atoms with Gasteiger partial charge in [0.05, 0.1) is 4.47 Å². The van der Waals surface area contributed by atoms with E-state index in [0.29, 0.717) is 10.4 Å². The molecule has 1 aromatic rings. The van der Waals surface area contributed by atoms with Crippen molar-refractivity contribution in [2.24, 2.45) is 5.92 Å². The van der Waals surface area contributed by atoms with Crippen molar-refractivity contribution in [3.8, 4) is 0 Å². The Balaban J connectivity index is 2.10. The molecule has 1 N–H and O–H groups in total. The first-order chi connectivity index (χ1) is 6.66. The zero-order chi connectivity index (χ0) is 10.1. The van der Waals surface area contributed by atoms with E-state index in [4.69, 9.17) is 5.11 Å². The summed E-state index contributed by atoms with van der Waals surface area (Å²) in [6.45, 7) is 0.839. The second-order valence-electron chi connectivity index (χ2n) is 3.65. The molecular formula is C9H11BrN2O2. The lowest BCUT2D eigenvalue weighted by Gasteiger charge is -2.24. The van der Waals surface area contributed by atoms with Gasteiger partial charge in [-0.1, -0.05) is 6.42 Å². The topological polar surface area (TPSA) is 55.1 Å². The van der Waals surface area contributed by atoms with Gasteiger partial charge in [-0.25, -0.2) is 4.79 Å². The maximum absolute atomic E-state index is 10.7. The fourth-order valence-corrected chi connectivity index (χ4v) is 2.06. The summed E-state index contributed by atoms with van der Waals surface area (Å²) in [4.78, 5) is 10.7. The van der Waals surface area contributed by atoms with Gasteiger partial charge in [-0.2, -0.15) is 5.10 Å². The Hall–Kier alpha value is -0.840. The lowest BCUT2D eigenvalue weighted by atomic mass is 9.85. The number of aromatic carboxylic acids is 1. The third kappa shape index (κ3) is 1.82. The molecule has 0 spiro atoms. The molecule has 1 aliphatic carbocycles. The van der Waals surface area contributed by atoms with Crippen LogP contribution >= 0.6 is 15.9 Å². The van der Waals surface area contributed by atoms with E-state index < -0.39 is 5.97 Å². The highest BCUT2D eigenvalue weighted by Crippen LogP contribution is 2.28. The van der Waals surface area contributed by atoms with E-state index in [9.17, 15) is 4.79 Å². The van der Waals surface area contributed by atoms with E-state index >= 15 is 0 Å². The molecule has 0 amide bonds. The Morgan fingerprint density at radius 1 is 1.71 bits per heavy atom. The Morgan fingerprint density at radius 3 is 2.86 bits per heavy atom. The summed E-state index contributed by atoms with van der Waals surface area (Å²) in [6.07, 6.45) is 5.50. The number of halogens is 1. The van der Waals surface area contributed by atoms with E-state index in [1.54, 1.807) is 10.9 Å². The Kier molecular flexibility index (Phi) is 2.58. The lowest BCUT2D eigenvalue weighted by molar-refractivity contribution is 0.0688. The zero-order valence-corrected chi connectivity index (χ0v) is 9.20. The highest BCUT2D eigenvalue weighted by atomic mass is 79.9. The van der Waals surface area contributed by atoms with Crippen LogP contribution in [0.2, 0.25) is 0 Å². The minimum atomic E-state index is -0.982. The fraction of sp³-hybridized carbons (Fsp3) is 0.556. The Bertz CT molecular complexity index is 358. The van der Waals surface area contributed by atoms with Gasteiger partial charge in [0.25, 0.3) is 0 Å². The molecule has 2 rings (SSSR count). The van der Waals surface area contributed by atoms with Gasteiger partial charge < -0.3 is 5.11 Å². The predicted octanol–water partition coefficient (Wildman–Crippen LogP) is 2.14. The zero-order valence-electron chi connectivity index (χ0n) is 7.61. The molecule has 0 aliphatic heterocycles. The Morgan fingerprint density at radius 2 is 2.43 bits per heavy atom. The standard InChI is InChI=1S/C9H11BrN2O2/c10-7-5-12(4-6-2-1-3-6)11-8(7)9(13)14/h5-6H,1-4H2,(H,13,14). The average Bonchev–Trinajstić information content (AvgIpc) is 2.39. The molecule has 0 aromatic carbocycles. The van der Waals surface area contributed by atoms with Crippen LogP contribution in [0, 0.1) is 5.92 Å². The van der Waals surface area contributed by atoms with Crippen LogP contribution in [0.15, 0.2) is 10.7 Å². The van der Waals surface area contributed by atoms with Crippen molar-refractivity contribution >= 4 is 21.9 Å². The number of hydrogen-bond donors (Lipinski definition) is 1. The molecule has 1 aromatic heterocycles. The van der Waals surface area contributed by atoms with E-state index in [2.05, 4.69) is 21.0 Å². The molecule has 0 atom stereocenters. The lowest BCUT2D eigenvalue weighted by Crippen LogP contribution is -2.18. The molecule has 1 heterocycles. The van der Waals surface area contributed by atoms with Gasteiger partial charge in [0, 0.05) is 12.7 Å². The van der Waals surface area contributed by atoms with Crippen molar-refractivity contribution in [3.05, 3.63) is 16.4 Å². The monoisotopic (exact) mass is 258 g/mol. The summed E-state index contributed by atoms with van der Waals surface area (Å²) >= 11 is 3.18. The molecule has 0 radical (unpaired) electrons. The van der Waals surface area contributed by atoms with Crippen LogP contribution < -0.4 is 0 Å². The maximum atomic E-state index is 10.7. The third-order valence-corrected chi connectivity index (χ3v) is 3.17. The van der Waals surface area contributed by atoms with Crippen molar-refractivity contribution in [2.45, 2.75) is 25.8 Å². The highest BCUT2D eigenvalue weighted by Gasteiger charge is 2.20. The molecule has 1 aliphatic rings. The van der Waals surface area contributed by atoms with Crippen LogP contribution in [0.1, 0.15) is 29.8 Å².